The number of benzene rings is 1. The number of hydrogen-bond acceptors (Lipinski definition) is 4. The van der Waals surface area contributed by atoms with E-state index in [2.05, 4.69) is 23.8 Å². The van der Waals surface area contributed by atoms with Crippen LogP contribution in [0.15, 0.2) is 36.7 Å². The van der Waals surface area contributed by atoms with Gasteiger partial charge in [0, 0.05) is 18.4 Å². The summed E-state index contributed by atoms with van der Waals surface area (Å²) in [5.74, 6) is 1.82. The first-order valence-electron chi connectivity index (χ1n) is 13.1. The van der Waals surface area contributed by atoms with E-state index < -0.39 is 12.3 Å². The predicted octanol–water partition coefficient (Wildman–Crippen LogP) is 8.30. The van der Waals surface area contributed by atoms with E-state index in [1.807, 2.05) is 24.3 Å². The number of nitrogens with zero attached hydrogens (tertiary/aromatic N) is 2. The molecule has 6 heteroatoms. The molecule has 0 bridgehead atoms. The molecule has 1 heterocycles. The van der Waals surface area contributed by atoms with Gasteiger partial charge in [-0.15, -0.1) is 0 Å². The van der Waals surface area contributed by atoms with E-state index in [0.717, 1.165) is 37.7 Å². The molecule has 1 aromatic heterocycles. The van der Waals surface area contributed by atoms with Crippen LogP contribution in [0.5, 0.6) is 11.5 Å². The van der Waals surface area contributed by atoms with E-state index in [-0.39, 0.29) is 0 Å². The molecule has 0 amide bonds. The van der Waals surface area contributed by atoms with Gasteiger partial charge in [0.2, 0.25) is 0 Å². The van der Waals surface area contributed by atoms with Crippen molar-refractivity contribution in [2.45, 2.75) is 103 Å². The van der Waals surface area contributed by atoms with Gasteiger partial charge in [0.05, 0.1) is 25.6 Å². The lowest BCUT2D eigenvalue weighted by atomic mass is 10.1. The van der Waals surface area contributed by atoms with Gasteiger partial charge in [-0.25, -0.2) is 18.7 Å². The van der Waals surface area contributed by atoms with E-state index in [0.29, 0.717) is 56.2 Å². The number of halogens is 2. The number of rotatable bonds is 19. The van der Waals surface area contributed by atoms with Crippen LogP contribution in [-0.2, 0) is 0 Å². The molecule has 2 aromatic rings. The molecule has 34 heavy (non-hydrogen) atoms. The highest BCUT2D eigenvalue weighted by molar-refractivity contribution is 5.56. The Bertz CT molecular complexity index is 756. The fraction of sp³-hybridized carbons (Fsp3) is 0.643. The second kappa shape index (κ2) is 17.2. The van der Waals surface area contributed by atoms with Crippen LogP contribution in [0.3, 0.4) is 0 Å². The quantitative estimate of drug-likeness (QED) is 0.191. The average Bonchev–Trinajstić information content (AvgIpc) is 2.85. The first-order valence-corrected chi connectivity index (χ1v) is 13.1. The van der Waals surface area contributed by atoms with E-state index in [1.165, 1.54) is 19.3 Å². The van der Waals surface area contributed by atoms with E-state index in [9.17, 15) is 8.78 Å². The van der Waals surface area contributed by atoms with Crippen molar-refractivity contribution in [2.24, 2.45) is 0 Å². The van der Waals surface area contributed by atoms with Crippen LogP contribution >= 0.6 is 0 Å². The van der Waals surface area contributed by atoms with Crippen molar-refractivity contribution < 1.29 is 18.3 Å². The minimum Gasteiger partial charge on any atom is -0.493 e. The molecule has 0 saturated heterocycles. The van der Waals surface area contributed by atoms with E-state index >= 15 is 0 Å². The van der Waals surface area contributed by atoms with Gasteiger partial charge in [-0.3, -0.25) is 0 Å². The minimum atomic E-state index is -0.821. The highest BCUT2D eigenvalue weighted by atomic mass is 19.1. The molecule has 0 fully saturated rings. The summed E-state index contributed by atoms with van der Waals surface area (Å²) in [6.45, 7) is 4.99. The fourth-order valence-corrected chi connectivity index (χ4v) is 3.72. The van der Waals surface area contributed by atoms with Crippen molar-refractivity contribution in [3.8, 4) is 22.9 Å². The summed E-state index contributed by atoms with van der Waals surface area (Å²) in [5, 5.41) is 0. The Morgan fingerprint density at radius 1 is 0.647 bits per heavy atom. The topological polar surface area (TPSA) is 44.2 Å². The van der Waals surface area contributed by atoms with Gasteiger partial charge >= 0.3 is 0 Å². The van der Waals surface area contributed by atoms with Crippen LogP contribution in [0.25, 0.3) is 11.4 Å². The molecule has 0 spiro atoms. The number of ether oxygens (including phenoxy) is 2. The molecule has 0 unspecified atom stereocenters. The third-order valence-corrected chi connectivity index (χ3v) is 5.88. The molecule has 0 radical (unpaired) electrons. The lowest BCUT2D eigenvalue weighted by molar-refractivity contribution is 0.221. The SMILES string of the molecule is CCCCCCC[C@H](F)CCOc1ccc(-c2ncc(OCC[C@@H](F)CCCCC)cn2)cc1. The Morgan fingerprint density at radius 2 is 1.15 bits per heavy atom. The summed E-state index contributed by atoms with van der Waals surface area (Å²) in [4.78, 5) is 8.70. The van der Waals surface area contributed by atoms with Gasteiger partial charge in [-0.1, -0.05) is 65.2 Å². The van der Waals surface area contributed by atoms with Crippen molar-refractivity contribution in [1.29, 1.82) is 0 Å². The molecule has 4 nitrogen and oxygen atoms in total. The molecule has 0 aliphatic heterocycles. The maximum absolute atomic E-state index is 14.0. The molecule has 2 rings (SSSR count). The maximum Gasteiger partial charge on any atom is 0.159 e. The van der Waals surface area contributed by atoms with Gasteiger partial charge in [-0.2, -0.15) is 0 Å². The minimum absolute atomic E-state index is 0.320. The Balaban J connectivity index is 1.67. The summed E-state index contributed by atoms with van der Waals surface area (Å²) in [5.41, 5.74) is 0.856. The standard InChI is InChI=1S/C28H42F2N2O2/c1-3-5-7-8-10-12-25(30)17-19-33-26-15-13-23(14-16-26)28-31-21-27(22-32-28)34-20-18-24(29)11-9-6-4-2/h13-16,21-22,24-25H,3-12,17-20H2,1-2H3/t24-,25-/m0/s1. The van der Waals surface area contributed by atoms with Crippen LogP contribution in [-0.4, -0.2) is 35.5 Å². The van der Waals surface area contributed by atoms with E-state index in [1.54, 1.807) is 12.4 Å². The number of unbranched alkanes of at least 4 members (excludes halogenated alkanes) is 6. The van der Waals surface area contributed by atoms with Crippen LogP contribution in [0.2, 0.25) is 0 Å². The summed E-state index contributed by atoms with van der Waals surface area (Å²) in [6.07, 6.45) is 12.4. The van der Waals surface area contributed by atoms with Crippen molar-refractivity contribution in [1.82, 2.24) is 9.97 Å². The maximum atomic E-state index is 14.0. The zero-order valence-corrected chi connectivity index (χ0v) is 21.0. The second-order valence-corrected chi connectivity index (χ2v) is 8.93. The second-order valence-electron chi connectivity index (χ2n) is 8.93. The van der Waals surface area contributed by atoms with Crippen molar-refractivity contribution in [3.05, 3.63) is 36.7 Å². The Hall–Kier alpha value is -2.24. The van der Waals surface area contributed by atoms with Gasteiger partial charge in [0.1, 0.15) is 18.1 Å². The van der Waals surface area contributed by atoms with Gasteiger partial charge < -0.3 is 9.47 Å². The smallest absolute Gasteiger partial charge is 0.159 e. The van der Waals surface area contributed by atoms with Crippen LogP contribution in [0.4, 0.5) is 8.78 Å². The molecular formula is C28H42F2N2O2. The molecule has 0 aliphatic rings. The molecule has 2 atom stereocenters. The molecule has 0 N–H and O–H groups in total. The third-order valence-electron chi connectivity index (χ3n) is 5.88. The zero-order chi connectivity index (χ0) is 24.4. The average molecular weight is 477 g/mol. The Morgan fingerprint density at radius 3 is 1.74 bits per heavy atom. The lowest BCUT2D eigenvalue weighted by Crippen LogP contribution is -2.08. The largest absolute Gasteiger partial charge is 0.493 e. The number of hydrogen-bond donors (Lipinski definition) is 0. The summed E-state index contributed by atoms with van der Waals surface area (Å²) < 4.78 is 39.1. The summed E-state index contributed by atoms with van der Waals surface area (Å²) in [7, 11) is 0. The highest BCUT2D eigenvalue weighted by Crippen LogP contribution is 2.21. The third kappa shape index (κ3) is 11.8. The van der Waals surface area contributed by atoms with Crippen molar-refractivity contribution >= 4 is 0 Å². The molecular weight excluding hydrogens is 434 g/mol. The van der Waals surface area contributed by atoms with Crippen LogP contribution < -0.4 is 9.47 Å². The molecule has 1 aromatic carbocycles. The normalized spacial score (nSPS) is 12.9. The van der Waals surface area contributed by atoms with Crippen molar-refractivity contribution in [2.75, 3.05) is 13.2 Å². The first kappa shape index (κ1) is 28.0. The van der Waals surface area contributed by atoms with Gasteiger partial charge in [0.15, 0.2) is 11.6 Å². The van der Waals surface area contributed by atoms with E-state index in [4.69, 9.17) is 9.47 Å². The highest BCUT2D eigenvalue weighted by Gasteiger charge is 2.09. The van der Waals surface area contributed by atoms with Crippen LogP contribution in [0, 0.1) is 0 Å². The summed E-state index contributed by atoms with van der Waals surface area (Å²) in [6, 6.07) is 7.47. The zero-order valence-electron chi connectivity index (χ0n) is 21.0. The summed E-state index contributed by atoms with van der Waals surface area (Å²) >= 11 is 0. The number of aromatic nitrogens is 2. The molecule has 190 valence electrons. The van der Waals surface area contributed by atoms with Crippen LogP contribution in [0.1, 0.15) is 90.9 Å². The fourth-order valence-electron chi connectivity index (χ4n) is 3.72. The monoisotopic (exact) mass is 476 g/mol. The first-order chi connectivity index (χ1) is 16.6. The van der Waals surface area contributed by atoms with Gasteiger partial charge in [0.25, 0.3) is 0 Å². The number of alkyl halides is 2. The van der Waals surface area contributed by atoms with Crippen molar-refractivity contribution in [3.63, 3.8) is 0 Å². The molecule has 0 saturated carbocycles. The predicted molar refractivity (Wildman–Crippen MR) is 135 cm³/mol. The van der Waals surface area contributed by atoms with Gasteiger partial charge in [-0.05, 0) is 37.1 Å². The lowest BCUT2D eigenvalue weighted by Gasteiger charge is -2.11. The Labute approximate surface area is 204 Å². The molecule has 0 aliphatic carbocycles. The Kier molecular flexibility index (Phi) is 14.2.